The topological polar surface area (TPSA) is 47.6 Å². The van der Waals surface area contributed by atoms with E-state index in [1.807, 2.05) is 0 Å². The minimum atomic E-state index is -0.0964. The van der Waals surface area contributed by atoms with Crippen LogP contribution in [0.4, 0.5) is 0 Å². The van der Waals surface area contributed by atoms with Gasteiger partial charge < -0.3 is 14.8 Å². The van der Waals surface area contributed by atoms with Crippen molar-refractivity contribution >= 4 is 17.5 Å². The van der Waals surface area contributed by atoms with Gasteiger partial charge in [-0.25, -0.2) is 0 Å². The van der Waals surface area contributed by atoms with Gasteiger partial charge in [-0.05, 0) is 31.0 Å². The normalized spacial score (nSPS) is 25.1. The fraction of sp³-hybridized carbons (Fsp3) is 0.533. The lowest BCUT2D eigenvalue weighted by atomic mass is 10.1. The first kappa shape index (κ1) is 13.6. The molecule has 2 atom stereocenters. The van der Waals surface area contributed by atoms with E-state index in [1.54, 1.807) is 18.2 Å². The Morgan fingerprint density at radius 1 is 1.15 bits per heavy atom. The lowest BCUT2D eigenvalue weighted by molar-refractivity contribution is 0.0933. The van der Waals surface area contributed by atoms with Crippen LogP contribution in [-0.4, -0.2) is 24.1 Å². The Bertz CT molecular complexity index is 506. The number of benzene rings is 1. The molecule has 0 saturated heterocycles. The maximum Gasteiger partial charge on any atom is 0.251 e. The fourth-order valence-corrected chi connectivity index (χ4v) is 3.06. The van der Waals surface area contributed by atoms with Crippen LogP contribution in [0.3, 0.4) is 0 Å². The fourth-order valence-electron chi connectivity index (χ4n) is 2.71. The Hall–Kier alpha value is -1.42. The molecule has 0 spiro atoms. The number of alkyl halides is 1. The van der Waals surface area contributed by atoms with E-state index < -0.39 is 0 Å². The third-order valence-electron chi connectivity index (χ3n) is 3.88. The van der Waals surface area contributed by atoms with Crippen LogP contribution in [0.5, 0.6) is 11.5 Å². The third-order valence-corrected chi connectivity index (χ3v) is 4.41. The molecular weight excluding hydrogens is 278 g/mol. The molecule has 0 radical (unpaired) electrons. The van der Waals surface area contributed by atoms with Crippen LogP contribution >= 0.6 is 11.6 Å². The number of hydrogen-bond acceptors (Lipinski definition) is 3. The molecule has 3 rings (SSSR count). The van der Waals surface area contributed by atoms with Gasteiger partial charge in [-0.1, -0.05) is 19.3 Å². The Morgan fingerprint density at radius 3 is 2.85 bits per heavy atom. The predicted octanol–water partition coefficient (Wildman–Crippen LogP) is 3.09. The second-order valence-corrected chi connectivity index (χ2v) is 5.86. The molecule has 1 saturated carbocycles. The van der Waals surface area contributed by atoms with Crippen molar-refractivity contribution in [2.24, 2.45) is 0 Å². The number of rotatable bonds is 2. The molecule has 1 fully saturated rings. The Labute approximate surface area is 123 Å². The van der Waals surface area contributed by atoms with E-state index in [4.69, 9.17) is 21.1 Å². The number of fused-ring (bicyclic) bond motifs is 1. The molecule has 108 valence electrons. The van der Waals surface area contributed by atoms with E-state index in [0.29, 0.717) is 17.1 Å². The summed E-state index contributed by atoms with van der Waals surface area (Å²) in [6.45, 7) is 0.215. The van der Waals surface area contributed by atoms with Crippen molar-refractivity contribution in [3.8, 4) is 11.5 Å². The Morgan fingerprint density at radius 2 is 1.95 bits per heavy atom. The standard InChI is InChI=1S/C15H18ClNO3/c16-11-4-2-1-3-5-12(11)17-15(18)10-6-7-13-14(8-10)20-9-19-13/h6-8,11-12H,1-5,9H2,(H,17,18). The van der Waals surface area contributed by atoms with Crippen molar-refractivity contribution in [3.05, 3.63) is 23.8 Å². The summed E-state index contributed by atoms with van der Waals surface area (Å²) in [5.41, 5.74) is 0.586. The number of ether oxygens (including phenoxy) is 2. The van der Waals surface area contributed by atoms with Gasteiger partial charge in [0.15, 0.2) is 11.5 Å². The number of halogens is 1. The summed E-state index contributed by atoms with van der Waals surface area (Å²) >= 11 is 6.35. The molecule has 1 N–H and O–H groups in total. The summed E-state index contributed by atoms with van der Waals surface area (Å²) in [5.74, 6) is 1.22. The van der Waals surface area contributed by atoms with Crippen molar-refractivity contribution in [3.63, 3.8) is 0 Å². The maximum atomic E-state index is 12.3. The molecule has 0 aromatic heterocycles. The first-order valence-corrected chi connectivity index (χ1v) is 7.52. The highest BCUT2D eigenvalue weighted by molar-refractivity contribution is 6.21. The summed E-state index contributed by atoms with van der Waals surface area (Å²) in [6, 6.07) is 5.29. The summed E-state index contributed by atoms with van der Waals surface area (Å²) in [4.78, 5) is 12.3. The molecule has 4 nitrogen and oxygen atoms in total. The van der Waals surface area contributed by atoms with Crippen LogP contribution in [0.15, 0.2) is 18.2 Å². The van der Waals surface area contributed by atoms with Crippen molar-refractivity contribution in [1.29, 1.82) is 0 Å². The van der Waals surface area contributed by atoms with Gasteiger partial charge in [0.05, 0.1) is 5.38 Å². The minimum absolute atomic E-state index is 0.0236. The summed E-state index contributed by atoms with van der Waals surface area (Å²) < 4.78 is 10.5. The quantitative estimate of drug-likeness (QED) is 0.674. The molecular formula is C15H18ClNO3. The van der Waals surface area contributed by atoms with Crippen LogP contribution in [0, 0.1) is 0 Å². The molecule has 1 aliphatic heterocycles. The predicted molar refractivity (Wildman–Crippen MR) is 76.5 cm³/mol. The van der Waals surface area contributed by atoms with Crippen LogP contribution in [0.25, 0.3) is 0 Å². The van der Waals surface area contributed by atoms with Gasteiger partial charge in [-0.15, -0.1) is 11.6 Å². The first-order valence-electron chi connectivity index (χ1n) is 7.08. The molecule has 1 heterocycles. The van der Waals surface area contributed by atoms with Crippen molar-refractivity contribution < 1.29 is 14.3 Å². The van der Waals surface area contributed by atoms with E-state index in [0.717, 1.165) is 25.7 Å². The van der Waals surface area contributed by atoms with Gasteiger partial charge in [0.25, 0.3) is 5.91 Å². The molecule has 20 heavy (non-hydrogen) atoms. The smallest absolute Gasteiger partial charge is 0.251 e. The van der Waals surface area contributed by atoms with Gasteiger partial charge in [0.2, 0.25) is 6.79 Å². The number of carbonyl (C=O) groups excluding carboxylic acids is 1. The molecule has 1 aromatic rings. The minimum Gasteiger partial charge on any atom is -0.454 e. The van der Waals surface area contributed by atoms with Gasteiger partial charge in [-0.3, -0.25) is 4.79 Å². The number of hydrogen-bond donors (Lipinski definition) is 1. The monoisotopic (exact) mass is 295 g/mol. The summed E-state index contributed by atoms with van der Waals surface area (Å²) in [7, 11) is 0. The zero-order valence-electron chi connectivity index (χ0n) is 11.2. The third kappa shape index (κ3) is 2.85. The highest BCUT2D eigenvalue weighted by Gasteiger charge is 2.24. The van der Waals surface area contributed by atoms with Crippen molar-refractivity contribution in [2.75, 3.05) is 6.79 Å². The lowest BCUT2D eigenvalue weighted by Gasteiger charge is -2.21. The SMILES string of the molecule is O=C(NC1CCCCCC1Cl)c1ccc2c(c1)OCO2. The molecule has 5 heteroatoms. The molecule has 0 bridgehead atoms. The van der Waals surface area contributed by atoms with E-state index in [-0.39, 0.29) is 24.1 Å². The van der Waals surface area contributed by atoms with Gasteiger partial charge in [0.1, 0.15) is 0 Å². The molecule has 1 aromatic carbocycles. The van der Waals surface area contributed by atoms with Crippen LogP contribution < -0.4 is 14.8 Å². The van der Waals surface area contributed by atoms with Gasteiger partial charge in [-0.2, -0.15) is 0 Å². The molecule has 1 aliphatic carbocycles. The molecule has 2 unspecified atom stereocenters. The van der Waals surface area contributed by atoms with E-state index in [1.165, 1.54) is 6.42 Å². The second-order valence-electron chi connectivity index (χ2n) is 5.30. The van der Waals surface area contributed by atoms with Gasteiger partial charge >= 0.3 is 0 Å². The highest BCUT2D eigenvalue weighted by atomic mass is 35.5. The zero-order chi connectivity index (χ0) is 13.9. The lowest BCUT2D eigenvalue weighted by Crippen LogP contribution is -2.40. The van der Waals surface area contributed by atoms with Crippen LogP contribution in [0.1, 0.15) is 42.5 Å². The first-order chi connectivity index (χ1) is 9.74. The number of nitrogens with one attached hydrogen (secondary N) is 1. The van der Waals surface area contributed by atoms with Crippen LogP contribution in [-0.2, 0) is 0 Å². The maximum absolute atomic E-state index is 12.3. The van der Waals surface area contributed by atoms with Crippen LogP contribution in [0.2, 0.25) is 0 Å². The number of carbonyl (C=O) groups is 1. The second kappa shape index (κ2) is 5.92. The summed E-state index contributed by atoms with van der Waals surface area (Å²) in [5, 5.41) is 3.07. The van der Waals surface area contributed by atoms with Crippen molar-refractivity contribution in [2.45, 2.75) is 43.5 Å². The summed E-state index contributed by atoms with van der Waals surface area (Å²) in [6.07, 6.45) is 5.37. The van der Waals surface area contributed by atoms with E-state index >= 15 is 0 Å². The zero-order valence-corrected chi connectivity index (χ0v) is 12.0. The van der Waals surface area contributed by atoms with Crippen molar-refractivity contribution in [1.82, 2.24) is 5.32 Å². The Balaban J connectivity index is 1.69. The highest BCUT2D eigenvalue weighted by Crippen LogP contribution is 2.32. The largest absolute Gasteiger partial charge is 0.454 e. The van der Waals surface area contributed by atoms with E-state index in [9.17, 15) is 4.79 Å². The molecule has 1 amide bonds. The van der Waals surface area contributed by atoms with Gasteiger partial charge in [0, 0.05) is 11.6 Å². The average Bonchev–Trinajstić information content (AvgIpc) is 2.83. The Kier molecular flexibility index (Phi) is 4.01. The van der Waals surface area contributed by atoms with E-state index in [2.05, 4.69) is 5.32 Å². The average molecular weight is 296 g/mol. The molecule has 2 aliphatic rings. The number of amides is 1.